The molecule has 0 aliphatic carbocycles. The number of ether oxygens (including phenoxy) is 1. The molecule has 6 nitrogen and oxygen atoms in total. The maximum Gasteiger partial charge on any atom is 0.254 e. The number of rotatable bonds is 4. The van der Waals surface area contributed by atoms with Gasteiger partial charge >= 0.3 is 0 Å². The summed E-state index contributed by atoms with van der Waals surface area (Å²) in [6, 6.07) is 18.3. The maximum atomic E-state index is 13.4. The van der Waals surface area contributed by atoms with E-state index in [1.807, 2.05) is 48.7 Å². The molecule has 0 spiro atoms. The summed E-state index contributed by atoms with van der Waals surface area (Å²) in [7, 11) is -3.69. The fourth-order valence-corrected chi connectivity index (χ4v) is 6.87. The van der Waals surface area contributed by atoms with Crippen LogP contribution in [0.2, 0.25) is 0 Å². The van der Waals surface area contributed by atoms with Gasteiger partial charge in [0.15, 0.2) is 0 Å². The minimum Gasteiger partial charge on any atom is -0.367 e. The molecule has 1 amide bonds. The Bertz CT molecular complexity index is 1260. The van der Waals surface area contributed by atoms with Gasteiger partial charge in [0.2, 0.25) is 10.0 Å². The highest BCUT2D eigenvalue weighted by atomic mass is 32.2. The Hall–Kier alpha value is -2.52. The standard InChI is InChI=1S/C25H26N2O4S2/c1-18-15-26(17-23(31-18)19-6-3-2-4-7-19)25(28)20-8-5-9-22(14-20)33(29,30)27-12-10-24-21(16-27)11-13-32-24/h2-9,11,13-14,18,23H,10,12,15-17H2,1H3. The summed E-state index contributed by atoms with van der Waals surface area (Å²) in [6.07, 6.45) is 0.393. The predicted octanol–water partition coefficient (Wildman–Crippen LogP) is 4.10. The molecule has 0 saturated carbocycles. The van der Waals surface area contributed by atoms with E-state index in [4.69, 9.17) is 4.74 Å². The highest BCUT2D eigenvalue weighted by Crippen LogP contribution is 2.29. The van der Waals surface area contributed by atoms with Gasteiger partial charge in [-0.25, -0.2) is 8.42 Å². The van der Waals surface area contributed by atoms with Crippen LogP contribution >= 0.6 is 11.3 Å². The van der Waals surface area contributed by atoms with E-state index in [2.05, 4.69) is 0 Å². The van der Waals surface area contributed by atoms with E-state index in [9.17, 15) is 13.2 Å². The summed E-state index contributed by atoms with van der Waals surface area (Å²) in [6.45, 7) is 3.67. The van der Waals surface area contributed by atoms with Gasteiger partial charge in [-0.15, -0.1) is 11.3 Å². The van der Waals surface area contributed by atoms with E-state index in [1.54, 1.807) is 34.4 Å². The van der Waals surface area contributed by atoms with Crippen molar-refractivity contribution in [2.24, 2.45) is 0 Å². The Labute approximate surface area is 198 Å². The van der Waals surface area contributed by atoms with Gasteiger partial charge in [-0.3, -0.25) is 4.79 Å². The number of fused-ring (bicyclic) bond motifs is 1. The third-order valence-corrected chi connectivity index (χ3v) is 9.07. The molecule has 5 rings (SSSR count). The Morgan fingerprint density at radius 3 is 2.70 bits per heavy atom. The van der Waals surface area contributed by atoms with Gasteiger partial charge in [-0.05, 0) is 54.1 Å². The molecule has 2 aliphatic heterocycles. The molecule has 0 bridgehead atoms. The van der Waals surface area contributed by atoms with Crippen molar-refractivity contribution in [2.75, 3.05) is 19.6 Å². The minimum absolute atomic E-state index is 0.118. The molecular weight excluding hydrogens is 456 g/mol. The zero-order valence-corrected chi connectivity index (χ0v) is 20.0. The zero-order chi connectivity index (χ0) is 23.0. The van der Waals surface area contributed by atoms with Crippen molar-refractivity contribution in [2.45, 2.75) is 37.0 Å². The normalized spacial score (nSPS) is 21.5. The average Bonchev–Trinajstić information content (AvgIpc) is 3.32. The van der Waals surface area contributed by atoms with Crippen molar-refractivity contribution in [1.82, 2.24) is 9.21 Å². The molecule has 2 unspecified atom stereocenters. The monoisotopic (exact) mass is 482 g/mol. The van der Waals surface area contributed by atoms with Crippen molar-refractivity contribution < 1.29 is 17.9 Å². The third-order valence-electron chi connectivity index (χ3n) is 6.21. The van der Waals surface area contributed by atoms with Gasteiger partial charge in [-0.1, -0.05) is 36.4 Å². The molecule has 0 N–H and O–H groups in total. The predicted molar refractivity (Wildman–Crippen MR) is 128 cm³/mol. The lowest BCUT2D eigenvalue weighted by atomic mass is 10.1. The molecule has 3 heterocycles. The SMILES string of the molecule is CC1CN(C(=O)c2cccc(S(=O)(=O)N3CCc4sccc4C3)c2)CC(c2ccccc2)O1. The van der Waals surface area contributed by atoms with Crippen molar-refractivity contribution >= 4 is 27.3 Å². The van der Waals surface area contributed by atoms with Crippen LogP contribution in [0.3, 0.4) is 0 Å². The van der Waals surface area contributed by atoms with Crippen molar-refractivity contribution in [1.29, 1.82) is 0 Å². The summed E-state index contributed by atoms with van der Waals surface area (Å²) in [5, 5.41) is 2.01. The highest BCUT2D eigenvalue weighted by Gasteiger charge is 2.32. The van der Waals surface area contributed by atoms with Gasteiger partial charge < -0.3 is 9.64 Å². The second-order valence-electron chi connectivity index (χ2n) is 8.54. The summed E-state index contributed by atoms with van der Waals surface area (Å²) >= 11 is 1.67. The van der Waals surface area contributed by atoms with Crippen LogP contribution in [0.4, 0.5) is 0 Å². The molecular formula is C25H26N2O4S2. The first kappa shape index (κ1) is 22.3. The summed E-state index contributed by atoms with van der Waals surface area (Å²) in [5.74, 6) is -0.179. The number of thiophene rings is 1. The van der Waals surface area contributed by atoms with Crippen LogP contribution in [0, 0.1) is 0 Å². The highest BCUT2D eigenvalue weighted by molar-refractivity contribution is 7.89. The summed E-state index contributed by atoms with van der Waals surface area (Å²) in [5.41, 5.74) is 2.47. The van der Waals surface area contributed by atoms with Gasteiger partial charge in [0.25, 0.3) is 5.91 Å². The molecule has 0 radical (unpaired) electrons. The average molecular weight is 483 g/mol. The number of sulfonamides is 1. The lowest BCUT2D eigenvalue weighted by molar-refractivity contribution is -0.0691. The minimum atomic E-state index is -3.69. The van der Waals surface area contributed by atoms with Crippen LogP contribution in [-0.4, -0.2) is 49.3 Å². The molecule has 8 heteroatoms. The number of carbonyl (C=O) groups excluding carboxylic acids is 1. The number of hydrogen-bond donors (Lipinski definition) is 0. The Kier molecular flexibility index (Phi) is 6.09. The fourth-order valence-electron chi connectivity index (χ4n) is 4.52. The zero-order valence-electron chi connectivity index (χ0n) is 18.4. The number of carbonyl (C=O) groups is 1. The second kappa shape index (κ2) is 9.02. The quantitative estimate of drug-likeness (QED) is 0.562. The number of amides is 1. The molecule has 2 atom stereocenters. The number of benzene rings is 2. The third kappa shape index (κ3) is 4.48. The largest absolute Gasteiger partial charge is 0.367 e. The van der Waals surface area contributed by atoms with Crippen molar-refractivity contribution in [3.05, 3.63) is 87.6 Å². The maximum absolute atomic E-state index is 13.4. The van der Waals surface area contributed by atoms with Gasteiger partial charge in [0, 0.05) is 30.1 Å². The van der Waals surface area contributed by atoms with E-state index < -0.39 is 10.0 Å². The Morgan fingerprint density at radius 1 is 1.06 bits per heavy atom. The van der Waals surface area contributed by atoms with Crippen LogP contribution in [-0.2, 0) is 27.7 Å². The van der Waals surface area contributed by atoms with Crippen LogP contribution in [0.15, 0.2) is 70.9 Å². The fraction of sp³-hybridized carbons (Fsp3) is 0.320. The smallest absolute Gasteiger partial charge is 0.254 e. The number of hydrogen-bond acceptors (Lipinski definition) is 5. The first-order valence-electron chi connectivity index (χ1n) is 11.1. The van der Waals surface area contributed by atoms with Crippen LogP contribution < -0.4 is 0 Å². The topological polar surface area (TPSA) is 66.9 Å². The molecule has 1 saturated heterocycles. The number of nitrogens with zero attached hydrogens (tertiary/aromatic N) is 2. The second-order valence-corrected chi connectivity index (χ2v) is 11.5. The Balaban J connectivity index is 1.37. The van der Waals surface area contributed by atoms with Crippen LogP contribution in [0.25, 0.3) is 0 Å². The summed E-state index contributed by atoms with van der Waals surface area (Å²) < 4.78 is 34.3. The lowest BCUT2D eigenvalue weighted by Crippen LogP contribution is -2.46. The van der Waals surface area contributed by atoms with Crippen LogP contribution in [0.5, 0.6) is 0 Å². The molecule has 2 aromatic carbocycles. The van der Waals surface area contributed by atoms with E-state index in [-0.39, 0.29) is 23.0 Å². The van der Waals surface area contributed by atoms with Crippen molar-refractivity contribution in [3.8, 4) is 0 Å². The lowest BCUT2D eigenvalue weighted by Gasteiger charge is -2.37. The summed E-state index contributed by atoms with van der Waals surface area (Å²) in [4.78, 5) is 16.5. The molecule has 172 valence electrons. The Morgan fingerprint density at radius 2 is 1.88 bits per heavy atom. The molecule has 1 fully saturated rings. The van der Waals surface area contributed by atoms with E-state index in [1.165, 1.54) is 15.2 Å². The molecule has 1 aromatic heterocycles. The first-order valence-corrected chi connectivity index (χ1v) is 13.4. The van der Waals surface area contributed by atoms with Gasteiger partial charge in [0.1, 0.15) is 6.10 Å². The van der Waals surface area contributed by atoms with Crippen LogP contribution in [0.1, 0.15) is 39.4 Å². The number of morpholine rings is 1. The van der Waals surface area contributed by atoms with Gasteiger partial charge in [0.05, 0.1) is 17.5 Å². The molecule has 33 heavy (non-hydrogen) atoms. The van der Waals surface area contributed by atoms with Gasteiger partial charge in [-0.2, -0.15) is 4.31 Å². The van der Waals surface area contributed by atoms with E-state index in [0.717, 1.165) is 17.5 Å². The van der Waals surface area contributed by atoms with E-state index >= 15 is 0 Å². The van der Waals surface area contributed by atoms with Crippen molar-refractivity contribution in [3.63, 3.8) is 0 Å². The first-order chi connectivity index (χ1) is 15.9. The molecule has 2 aliphatic rings. The molecule has 3 aromatic rings. The van der Waals surface area contributed by atoms with E-state index in [0.29, 0.717) is 31.7 Å².